The molecule has 3 heterocycles. The van der Waals surface area contributed by atoms with E-state index in [-0.39, 0.29) is 0 Å². The van der Waals surface area contributed by atoms with E-state index in [2.05, 4.69) is 30.2 Å². The molecule has 0 aromatic carbocycles. The van der Waals surface area contributed by atoms with Crippen LogP contribution < -0.4 is 5.32 Å². The molecule has 0 spiro atoms. The number of rotatable bonds is 3. The molecule has 3 rings (SSSR count). The lowest BCUT2D eigenvalue weighted by atomic mass is 10.2. The molecule has 0 atom stereocenters. The second-order valence-electron chi connectivity index (χ2n) is 3.90. The van der Waals surface area contributed by atoms with Gasteiger partial charge in [-0.05, 0) is 19.1 Å². The number of hydrogen-bond donors (Lipinski definition) is 1. The standard InChI is InChI=1S/C12H9ClN6S/c1-7-5-15-12(20-7)19-11-17-6-16-10(18-11)8-2-3-14-9(13)4-8/h2-6H,1H3,(H,15,16,17,18,19). The first kappa shape index (κ1) is 12.9. The summed E-state index contributed by atoms with van der Waals surface area (Å²) in [7, 11) is 0. The summed E-state index contributed by atoms with van der Waals surface area (Å²) in [4.78, 5) is 21.8. The molecule has 6 nitrogen and oxygen atoms in total. The summed E-state index contributed by atoms with van der Waals surface area (Å²) in [5, 5.41) is 4.19. The summed E-state index contributed by atoms with van der Waals surface area (Å²) < 4.78 is 0. The van der Waals surface area contributed by atoms with Crippen LogP contribution in [0.1, 0.15) is 4.88 Å². The molecule has 0 radical (unpaired) electrons. The largest absolute Gasteiger partial charge is 0.300 e. The van der Waals surface area contributed by atoms with Gasteiger partial charge in [0.1, 0.15) is 11.5 Å². The van der Waals surface area contributed by atoms with Crippen molar-refractivity contribution < 1.29 is 0 Å². The molecule has 0 aliphatic rings. The molecule has 3 aromatic heterocycles. The molecule has 0 fully saturated rings. The SMILES string of the molecule is Cc1cnc(Nc2ncnc(-c3ccnc(Cl)c3)n2)s1. The molecule has 0 saturated heterocycles. The first-order chi connectivity index (χ1) is 9.70. The van der Waals surface area contributed by atoms with Gasteiger partial charge in [-0.3, -0.25) is 5.32 Å². The van der Waals surface area contributed by atoms with Gasteiger partial charge in [0, 0.05) is 22.8 Å². The van der Waals surface area contributed by atoms with Gasteiger partial charge >= 0.3 is 0 Å². The van der Waals surface area contributed by atoms with E-state index < -0.39 is 0 Å². The topological polar surface area (TPSA) is 76.5 Å². The van der Waals surface area contributed by atoms with Crippen molar-refractivity contribution in [1.29, 1.82) is 0 Å². The number of pyridine rings is 1. The van der Waals surface area contributed by atoms with Crippen molar-refractivity contribution in [3.63, 3.8) is 0 Å². The second kappa shape index (κ2) is 5.48. The molecule has 0 bridgehead atoms. The summed E-state index contributed by atoms with van der Waals surface area (Å²) in [6, 6.07) is 3.49. The van der Waals surface area contributed by atoms with E-state index in [1.54, 1.807) is 24.5 Å². The van der Waals surface area contributed by atoms with Gasteiger partial charge in [0.05, 0.1) is 0 Å². The number of nitrogens with zero attached hydrogens (tertiary/aromatic N) is 5. The normalized spacial score (nSPS) is 10.5. The van der Waals surface area contributed by atoms with E-state index in [1.165, 1.54) is 17.7 Å². The Morgan fingerprint density at radius 2 is 2.10 bits per heavy atom. The molecule has 8 heteroatoms. The van der Waals surface area contributed by atoms with Gasteiger partial charge in [-0.25, -0.2) is 19.9 Å². The number of thiazole rings is 1. The van der Waals surface area contributed by atoms with Crippen molar-refractivity contribution >= 4 is 34.0 Å². The van der Waals surface area contributed by atoms with Gasteiger partial charge in [0.15, 0.2) is 11.0 Å². The quantitative estimate of drug-likeness (QED) is 0.749. The maximum absolute atomic E-state index is 5.86. The van der Waals surface area contributed by atoms with Gasteiger partial charge < -0.3 is 0 Å². The highest BCUT2D eigenvalue weighted by Gasteiger charge is 2.06. The van der Waals surface area contributed by atoms with Crippen molar-refractivity contribution in [2.75, 3.05) is 5.32 Å². The van der Waals surface area contributed by atoms with Gasteiger partial charge in [-0.15, -0.1) is 11.3 Å². The fraction of sp³-hybridized carbons (Fsp3) is 0.0833. The molecule has 100 valence electrons. The molecule has 0 unspecified atom stereocenters. The van der Waals surface area contributed by atoms with Crippen molar-refractivity contribution in [2.24, 2.45) is 0 Å². The lowest BCUT2D eigenvalue weighted by Crippen LogP contribution is -1.99. The number of anilines is 2. The summed E-state index contributed by atoms with van der Waals surface area (Å²) in [5.74, 6) is 0.970. The monoisotopic (exact) mass is 304 g/mol. The van der Waals surface area contributed by atoms with Crippen LogP contribution in [-0.2, 0) is 0 Å². The molecular formula is C12H9ClN6S. The smallest absolute Gasteiger partial charge is 0.232 e. The molecule has 0 aliphatic carbocycles. The van der Waals surface area contributed by atoms with E-state index in [0.29, 0.717) is 16.9 Å². The zero-order valence-electron chi connectivity index (χ0n) is 10.4. The lowest BCUT2D eigenvalue weighted by Gasteiger charge is -2.03. The first-order valence-corrected chi connectivity index (χ1v) is 6.90. The minimum atomic E-state index is 0.396. The Morgan fingerprint density at radius 1 is 1.20 bits per heavy atom. The Balaban J connectivity index is 1.89. The van der Waals surface area contributed by atoms with Crippen LogP contribution in [0.5, 0.6) is 0 Å². The minimum absolute atomic E-state index is 0.396. The number of aromatic nitrogens is 5. The van der Waals surface area contributed by atoms with E-state index in [1.807, 2.05) is 6.92 Å². The van der Waals surface area contributed by atoms with Crippen molar-refractivity contribution in [3.05, 3.63) is 40.9 Å². The Labute approximate surface area is 124 Å². The van der Waals surface area contributed by atoms with Gasteiger partial charge in [0.2, 0.25) is 5.95 Å². The Kier molecular flexibility index (Phi) is 3.53. The molecule has 20 heavy (non-hydrogen) atoms. The Bertz CT molecular complexity index is 744. The van der Waals surface area contributed by atoms with Gasteiger partial charge in [-0.2, -0.15) is 4.98 Å². The van der Waals surface area contributed by atoms with Crippen LogP contribution in [0, 0.1) is 6.92 Å². The van der Waals surface area contributed by atoms with Crippen LogP contribution in [0.2, 0.25) is 5.15 Å². The fourth-order valence-electron chi connectivity index (χ4n) is 1.55. The molecule has 0 amide bonds. The zero-order valence-corrected chi connectivity index (χ0v) is 12.0. The number of nitrogens with one attached hydrogen (secondary N) is 1. The number of aryl methyl sites for hydroxylation is 1. The molecular weight excluding hydrogens is 296 g/mol. The predicted octanol–water partition coefficient (Wildman–Crippen LogP) is 3.10. The first-order valence-electron chi connectivity index (χ1n) is 5.71. The van der Waals surface area contributed by atoms with E-state index in [0.717, 1.165) is 15.6 Å². The predicted molar refractivity (Wildman–Crippen MR) is 78.2 cm³/mol. The van der Waals surface area contributed by atoms with E-state index in [9.17, 15) is 0 Å². The summed E-state index contributed by atoms with van der Waals surface area (Å²) in [6.07, 6.45) is 4.84. The third-order valence-electron chi connectivity index (χ3n) is 2.40. The second-order valence-corrected chi connectivity index (χ2v) is 5.52. The van der Waals surface area contributed by atoms with Crippen LogP contribution in [0.4, 0.5) is 11.1 Å². The van der Waals surface area contributed by atoms with Crippen LogP contribution in [0.15, 0.2) is 30.9 Å². The van der Waals surface area contributed by atoms with Crippen LogP contribution in [-0.4, -0.2) is 24.9 Å². The molecule has 0 aliphatic heterocycles. The Morgan fingerprint density at radius 3 is 2.85 bits per heavy atom. The Hall–Kier alpha value is -2.12. The molecule has 3 aromatic rings. The number of hydrogen-bond acceptors (Lipinski definition) is 7. The van der Waals surface area contributed by atoms with Gasteiger partial charge in [0.25, 0.3) is 0 Å². The molecule has 0 saturated carbocycles. The maximum Gasteiger partial charge on any atom is 0.232 e. The summed E-state index contributed by atoms with van der Waals surface area (Å²) >= 11 is 7.39. The minimum Gasteiger partial charge on any atom is -0.300 e. The van der Waals surface area contributed by atoms with Crippen molar-refractivity contribution in [1.82, 2.24) is 24.9 Å². The van der Waals surface area contributed by atoms with Crippen LogP contribution >= 0.6 is 22.9 Å². The molecule has 1 N–H and O–H groups in total. The maximum atomic E-state index is 5.86. The highest BCUT2D eigenvalue weighted by atomic mass is 35.5. The summed E-state index contributed by atoms with van der Waals surface area (Å²) in [6.45, 7) is 1.99. The lowest BCUT2D eigenvalue weighted by molar-refractivity contribution is 1.06. The zero-order chi connectivity index (χ0) is 13.9. The average molecular weight is 305 g/mol. The third-order valence-corrected chi connectivity index (χ3v) is 3.43. The fourth-order valence-corrected chi connectivity index (χ4v) is 2.38. The van der Waals surface area contributed by atoms with Crippen molar-refractivity contribution in [2.45, 2.75) is 6.92 Å². The average Bonchev–Trinajstić information content (AvgIpc) is 2.84. The van der Waals surface area contributed by atoms with E-state index in [4.69, 9.17) is 11.6 Å². The summed E-state index contributed by atoms with van der Waals surface area (Å²) in [5.41, 5.74) is 0.783. The van der Waals surface area contributed by atoms with Gasteiger partial charge in [-0.1, -0.05) is 11.6 Å². The van der Waals surface area contributed by atoms with Crippen molar-refractivity contribution in [3.8, 4) is 11.4 Å². The van der Waals surface area contributed by atoms with Crippen LogP contribution in [0.25, 0.3) is 11.4 Å². The number of halogens is 1. The van der Waals surface area contributed by atoms with E-state index >= 15 is 0 Å². The highest BCUT2D eigenvalue weighted by molar-refractivity contribution is 7.15. The third kappa shape index (κ3) is 2.89. The van der Waals surface area contributed by atoms with Crippen LogP contribution in [0.3, 0.4) is 0 Å². The highest BCUT2D eigenvalue weighted by Crippen LogP contribution is 2.21.